The molecule has 0 N–H and O–H groups in total. The Morgan fingerprint density at radius 2 is 1.16 bits per heavy atom. The van der Waals surface area contributed by atoms with Crippen molar-refractivity contribution in [2.24, 2.45) is 0 Å². The van der Waals surface area contributed by atoms with E-state index in [1.54, 1.807) is 0 Å². The summed E-state index contributed by atoms with van der Waals surface area (Å²) in [6.45, 7) is 18.4. The second-order valence-electron chi connectivity index (χ2n) is 9.59. The predicted molar refractivity (Wildman–Crippen MR) is 112 cm³/mol. The third kappa shape index (κ3) is 3.10. The summed E-state index contributed by atoms with van der Waals surface area (Å²) in [6, 6.07) is 14.6. The second kappa shape index (κ2) is 5.90. The van der Waals surface area contributed by atoms with Crippen molar-refractivity contribution in [3.05, 3.63) is 47.5 Å². The van der Waals surface area contributed by atoms with Gasteiger partial charge in [-0.25, -0.2) is 0 Å². The van der Waals surface area contributed by atoms with Crippen molar-refractivity contribution in [3.63, 3.8) is 0 Å². The Hall–Kier alpha value is -1.76. The predicted octanol–water partition coefficient (Wildman–Crippen LogP) is 7.36. The third-order valence-corrected chi connectivity index (χ3v) is 5.57. The van der Waals surface area contributed by atoms with Gasteiger partial charge in [0.2, 0.25) is 0 Å². The van der Waals surface area contributed by atoms with Gasteiger partial charge in [0.05, 0.1) is 0 Å². The van der Waals surface area contributed by atoms with Crippen LogP contribution in [0.3, 0.4) is 0 Å². The van der Waals surface area contributed by atoms with Crippen LogP contribution in [-0.2, 0) is 10.8 Å². The lowest BCUT2D eigenvalue weighted by Crippen LogP contribution is -2.10. The van der Waals surface area contributed by atoms with Gasteiger partial charge < -0.3 is 4.57 Å². The van der Waals surface area contributed by atoms with Crippen LogP contribution in [0.4, 0.5) is 0 Å². The van der Waals surface area contributed by atoms with Crippen LogP contribution in [0.25, 0.3) is 21.8 Å². The fourth-order valence-corrected chi connectivity index (χ4v) is 3.64. The molecule has 0 aliphatic carbocycles. The molecular formula is C24H33N. The Kier molecular flexibility index (Phi) is 4.26. The van der Waals surface area contributed by atoms with E-state index in [1.807, 2.05) is 0 Å². The van der Waals surface area contributed by atoms with Gasteiger partial charge in [0, 0.05) is 27.8 Å². The minimum atomic E-state index is 0.167. The first-order valence-corrected chi connectivity index (χ1v) is 9.62. The summed E-state index contributed by atoms with van der Waals surface area (Å²) >= 11 is 0. The molecule has 1 heteroatoms. The van der Waals surface area contributed by atoms with Gasteiger partial charge in [-0.15, -0.1) is 0 Å². The van der Waals surface area contributed by atoms with Gasteiger partial charge in [0.15, 0.2) is 0 Å². The second-order valence-corrected chi connectivity index (χ2v) is 9.59. The monoisotopic (exact) mass is 335 g/mol. The van der Waals surface area contributed by atoms with Crippen LogP contribution >= 0.6 is 0 Å². The van der Waals surface area contributed by atoms with E-state index < -0.39 is 0 Å². The molecule has 1 heterocycles. The van der Waals surface area contributed by atoms with E-state index in [0.29, 0.717) is 6.04 Å². The highest BCUT2D eigenvalue weighted by Crippen LogP contribution is 2.37. The van der Waals surface area contributed by atoms with Crippen LogP contribution in [0.2, 0.25) is 0 Å². The lowest BCUT2D eigenvalue weighted by atomic mass is 9.85. The Morgan fingerprint density at radius 1 is 0.760 bits per heavy atom. The van der Waals surface area contributed by atoms with E-state index >= 15 is 0 Å². The lowest BCUT2D eigenvalue weighted by molar-refractivity contribution is 0.562. The number of rotatable bonds is 2. The SMILES string of the molecule is CCC(C)n1c2ccc(C(C)(C)C)cc2c2cc(C(C)(C)C)ccc21. The van der Waals surface area contributed by atoms with Crippen molar-refractivity contribution in [2.75, 3.05) is 0 Å². The fraction of sp³-hybridized carbons (Fsp3) is 0.500. The number of hydrogen-bond acceptors (Lipinski definition) is 0. The molecular weight excluding hydrogens is 302 g/mol. The smallest absolute Gasteiger partial charge is 0.0494 e. The molecule has 0 amide bonds. The van der Waals surface area contributed by atoms with E-state index in [4.69, 9.17) is 0 Å². The molecule has 3 aromatic rings. The van der Waals surface area contributed by atoms with Crippen molar-refractivity contribution in [2.45, 2.75) is 78.7 Å². The van der Waals surface area contributed by atoms with Crippen LogP contribution in [0, 0.1) is 0 Å². The molecule has 0 bridgehead atoms. The molecule has 1 unspecified atom stereocenters. The van der Waals surface area contributed by atoms with Crippen LogP contribution in [0.5, 0.6) is 0 Å². The number of benzene rings is 2. The first-order valence-electron chi connectivity index (χ1n) is 9.62. The van der Waals surface area contributed by atoms with Gasteiger partial charge in [-0.1, -0.05) is 60.6 Å². The molecule has 134 valence electrons. The molecule has 1 nitrogen and oxygen atoms in total. The summed E-state index contributed by atoms with van der Waals surface area (Å²) in [5, 5.41) is 2.79. The van der Waals surface area contributed by atoms with E-state index in [9.17, 15) is 0 Å². The summed E-state index contributed by atoms with van der Waals surface area (Å²) < 4.78 is 2.53. The third-order valence-electron chi connectivity index (χ3n) is 5.57. The molecule has 1 aromatic heterocycles. The Labute approximate surface area is 153 Å². The van der Waals surface area contributed by atoms with E-state index in [1.165, 1.54) is 32.9 Å². The molecule has 0 saturated carbocycles. The summed E-state index contributed by atoms with van der Waals surface area (Å²) in [7, 11) is 0. The minimum Gasteiger partial charge on any atom is -0.338 e. The highest BCUT2D eigenvalue weighted by atomic mass is 15.0. The van der Waals surface area contributed by atoms with Gasteiger partial charge in [-0.3, -0.25) is 0 Å². The normalized spacial score (nSPS) is 14.4. The van der Waals surface area contributed by atoms with Crippen LogP contribution < -0.4 is 0 Å². The lowest BCUT2D eigenvalue weighted by Gasteiger charge is -2.20. The fourth-order valence-electron chi connectivity index (χ4n) is 3.64. The zero-order valence-electron chi connectivity index (χ0n) is 17.2. The zero-order valence-corrected chi connectivity index (χ0v) is 17.2. The maximum absolute atomic E-state index is 2.53. The van der Waals surface area contributed by atoms with Crippen LogP contribution in [-0.4, -0.2) is 4.57 Å². The van der Waals surface area contributed by atoms with Gasteiger partial charge in [0.25, 0.3) is 0 Å². The zero-order chi connectivity index (χ0) is 18.6. The van der Waals surface area contributed by atoms with Crippen molar-refractivity contribution in [3.8, 4) is 0 Å². The quantitative estimate of drug-likeness (QED) is 0.461. The largest absolute Gasteiger partial charge is 0.338 e. The number of fused-ring (bicyclic) bond motifs is 3. The molecule has 0 aliphatic heterocycles. The first-order chi connectivity index (χ1) is 11.5. The van der Waals surface area contributed by atoms with E-state index in [2.05, 4.69) is 96.4 Å². The number of aromatic nitrogens is 1. The average Bonchev–Trinajstić information content (AvgIpc) is 2.85. The molecule has 3 rings (SSSR count). The summed E-state index contributed by atoms with van der Waals surface area (Å²) in [5.41, 5.74) is 5.88. The van der Waals surface area contributed by atoms with Crippen LogP contribution in [0.1, 0.15) is 79.0 Å². The van der Waals surface area contributed by atoms with Crippen molar-refractivity contribution in [1.29, 1.82) is 0 Å². The molecule has 0 saturated heterocycles. The maximum Gasteiger partial charge on any atom is 0.0494 e. The topological polar surface area (TPSA) is 4.93 Å². The molecule has 0 fully saturated rings. The standard InChI is InChI=1S/C24H33N/c1-9-16(2)25-21-12-10-17(23(3,4)5)14-19(21)20-15-18(24(6,7)8)11-13-22(20)25/h10-16H,9H2,1-8H3. The minimum absolute atomic E-state index is 0.167. The van der Waals surface area contributed by atoms with E-state index in [0.717, 1.165) is 6.42 Å². The maximum atomic E-state index is 2.53. The van der Waals surface area contributed by atoms with E-state index in [-0.39, 0.29) is 10.8 Å². The molecule has 0 aliphatic rings. The first kappa shape index (κ1) is 18.0. The number of hydrogen-bond donors (Lipinski definition) is 0. The molecule has 2 aromatic carbocycles. The number of nitrogens with zero attached hydrogens (tertiary/aromatic N) is 1. The van der Waals surface area contributed by atoms with Gasteiger partial charge >= 0.3 is 0 Å². The molecule has 0 spiro atoms. The Bertz CT molecular complexity index is 842. The van der Waals surface area contributed by atoms with Crippen LogP contribution in [0.15, 0.2) is 36.4 Å². The van der Waals surface area contributed by atoms with Gasteiger partial charge in [-0.2, -0.15) is 0 Å². The van der Waals surface area contributed by atoms with Gasteiger partial charge in [-0.05, 0) is 59.6 Å². The molecule has 25 heavy (non-hydrogen) atoms. The Balaban J connectivity index is 2.42. The summed E-state index contributed by atoms with van der Waals surface area (Å²) in [5.74, 6) is 0. The molecule has 1 atom stereocenters. The molecule has 0 radical (unpaired) electrons. The highest BCUT2D eigenvalue weighted by molar-refractivity contribution is 6.08. The summed E-state index contributed by atoms with van der Waals surface area (Å²) in [4.78, 5) is 0. The highest BCUT2D eigenvalue weighted by Gasteiger charge is 2.21. The van der Waals surface area contributed by atoms with Crippen molar-refractivity contribution >= 4 is 21.8 Å². The summed E-state index contributed by atoms with van der Waals surface area (Å²) in [6.07, 6.45) is 1.14. The van der Waals surface area contributed by atoms with Crippen molar-refractivity contribution in [1.82, 2.24) is 4.57 Å². The van der Waals surface area contributed by atoms with Gasteiger partial charge in [0.1, 0.15) is 0 Å². The Morgan fingerprint density at radius 3 is 1.48 bits per heavy atom. The average molecular weight is 336 g/mol. The van der Waals surface area contributed by atoms with Crippen molar-refractivity contribution < 1.29 is 0 Å².